The minimum Gasteiger partial charge on any atom is -0.399 e. The van der Waals surface area contributed by atoms with Crippen LogP contribution in [0.5, 0.6) is 0 Å². The molecule has 2 aromatic carbocycles. The lowest BCUT2D eigenvalue weighted by Gasteiger charge is -2.25. The smallest absolute Gasteiger partial charge is 0.177 e. The van der Waals surface area contributed by atoms with Gasteiger partial charge in [0.1, 0.15) is 0 Å². The predicted molar refractivity (Wildman–Crippen MR) is 87.1 cm³/mol. The van der Waals surface area contributed by atoms with Crippen molar-refractivity contribution in [1.29, 1.82) is 0 Å². The molecule has 0 spiro atoms. The number of benzene rings is 2. The molecule has 112 valence electrons. The Kier molecular flexibility index (Phi) is 4.53. The predicted octanol–water partition coefficient (Wildman–Crippen LogP) is 2.70. The molecule has 0 saturated carbocycles. The van der Waals surface area contributed by atoms with Gasteiger partial charge in [-0.15, -0.1) is 0 Å². The van der Waals surface area contributed by atoms with Gasteiger partial charge in [-0.3, -0.25) is 0 Å². The van der Waals surface area contributed by atoms with Crippen molar-refractivity contribution in [1.82, 2.24) is 0 Å². The number of hydrogen-bond acceptors (Lipinski definition) is 4. The average Bonchev–Trinajstić information content (AvgIpc) is 2.46. The molecule has 0 unspecified atom stereocenters. The summed E-state index contributed by atoms with van der Waals surface area (Å²) < 4.78 is 23.9. The molecule has 2 N–H and O–H groups in total. The van der Waals surface area contributed by atoms with Gasteiger partial charge < -0.3 is 10.6 Å². The van der Waals surface area contributed by atoms with E-state index in [0.29, 0.717) is 11.4 Å². The molecular weight excluding hydrogens is 284 g/mol. The highest BCUT2D eigenvalue weighted by molar-refractivity contribution is 7.90. The van der Waals surface area contributed by atoms with Gasteiger partial charge in [0.2, 0.25) is 0 Å². The van der Waals surface area contributed by atoms with E-state index in [1.165, 1.54) is 6.26 Å². The number of nitrogen functional groups attached to an aromatic ring is 1. The van der Waals surface area contributed by atoms with E-state index in [-0.39, 0.29) is 0 Å². The van der Waals surface area contributed by atoms with Gasteiger partial charge in [0, 0.05) is 25.0 Å². The summed E-state index contributed by atoms with van der Waals surface area (Å²) in [6.45, 7) is 3.37. The largest absolute Gasteiger partial charge is 0.399 e. The van der Waals surface area contributed by atoms with E-state index < -0.39 is 9.84 Å². The van der Waals surface area contributed by atoms with Gasteiger partial charge in [0.25, 0.3) is 0 Å². The molecule has 0 atom stereocenters. The van der Waals surface area contributed by atoms with Gasteiger partial charge in [0.15, 0.2) is 9.84 Å². The Labute approximate surface area is 126 Å². The lowest BCUT2D eigenvalue weighted by Crippen LogP contribution is -2.24. The first-order chi connectivity index (χ1) is 9.91. The summed E-state index contributed by atoms with van der Waals surface area (Å²) in [7, 11) is -3.25. The van der Waals surface area contributed by atoms with Crippen molar-refractivity contribution in [3.8, 4) is 0 Å². The molecule has 0 aliphatic carbocycles. The summed E-state index contributed by atoms with van der Waals surface area (Å²) in [5, 5.41) is 0. The summed E-state index contributed by atoms with van der Waals surface area (Å²) in [6, 6.07) is 14.7. The summed E-state index contributed by atoms with van der Waals surface area (Å²) in [6.07, 6.45) is 1.24. The maximum atomic E-state index is 11.9. The van der Waals surface area contributed by atoms with Crippen LogP contribution < -0.4 is 10.6 Å². The van der Waals surface area contributed by atoms with E-state index in [9.17, 15) is 8.42 Å². The van der Waals surface area contributed by atoms with Crippen molar-refractivity contribution in [2.24, 2.45) is 0 Å². The normalized spacial score (nSPS) is 11.3. The zero-order valence-corrected chi connectivity index (χ0v) is 13.1. The SMILES string of the molecule is CCN(Cc1ccc(N)cc1)c1ccccc1S(C)(=O)=O. The van der Waals surface area contributed by atoms with E-state index >= 15 is 0 Å². The quantitative estimate of drug-likeness (QED) is 0.863. The van der Waals surface area contributed by atoms with Gasteiger partial charge in [-0.1, -0.05) is 24.3 Å². The maximum absolute atomic E-state index is 11.9. The number of para-hydroxylation sites is 1. The van der Waals surface area contributed by atoms with Crippen molar-refractivity contribution in [2.45, 2.75) is 18.4 Å². The first kappa shape index (κ1) is 15.4. The van der Waals surface area contributed by atoms with Crippen LogP contribution in [0.1, 0.15) is 12.5 Å². The van der Waals surface area contributed by atoms with Crippen LogP contribution in [0.3, 0.4) is 0 Å². The minimum atomic E-state index is -3.25. The fourth-order valence-corrected chi connectivity index (χ4v) is 3.15. The number of rotatable bonds is 5. The second kappa shape index (κ2) is 6.18. The van der Waals surface area contributed by atoms with Crippen molar-refractivity contribution >= 4 is 21.2 Å². The standard InChI is InChI=1S/C16H20N2O2S/c1-3-18(12-13-8-10-14(17)11-9-13)15-6-4-5-7-16(15)21(2,19)20/h4-11H,3,12,17H2,1-2H3. The van der Waals surface area contributed by atoms with Crippen LogP contribution in [-0.2, 0) is 16.4 Å². The average molecular weight is 304 g/mol. The Balaban J connectivity index is 2.36. The third kappa shape index (κ3) is 3.76. The van der Waals surface area contributed by atoms with Gasteiger partial charge in [-0.05, 0) is 36.8 Å². The number of hydrogen-bond donors (Lipinski definition) is 1. The Morgan fingerprint density at radius 1 is 1.05 bits per heavy atom. The first-order valence-corrected chi connectivity index (χ1v) is 8.69. The van der Waals surface area contributed by atoms with E-state index in [2.05, 4.69) is 0 Å². The molecule has 2 aromatic rings. The number of nitrogens with two attached hydrogens (primary N) is 1. The molecule has 0 aliphatic rings. The fraction of sp³-hybridized carbons (Fsp3) is 0.250. The zero-order valence-electron chi connectivity index (χ0n) is 12.3. The van der Waals surface area contributed by atoms with Crippen molar-refractivity contribution in [2.75, 3.05) is 23.4 Å². The summed E-state index contributed by atoms with van der Waals surface area (Å²) in [4.78, 5) is 2.41. The molecular formula is C16H20N2O2S. The summed E-state index contributed by atoms with van der Waals surface area (Å²) in [5.41, 5.74) is 8.24. The molecule has 0 aromatic heterocycles. The number of sulfone groups is 1. The fourth-order valence-electron chi connectivity index (χ4n) is 2.24. The molecule has 4 nitrogen and oxygen atoms in total. The van der Waals surface area contributed by atoms with Crippen molar-refractivity contribution in [3.05, 3.63) is 54.1 Å². The molecule has 0 bridgehead atoms. The third-order valence-electron chi connectivity index (χ3n) is 3.34. The van der Waals surface area contributed by atoms with E-state index in [1.54, 1.807) is 12.1 Å². The van der Waals surface area contributed by atoms with Crippen molar-refractivity contribution in [3.63, 3.8) is 0 Å². The Bertz CT molecular complexity index is 709. The first-order valence-electron chi connectivity index (χ1n) is 6.80. The highest BCUT2D eigenvalue weighted by Gasteiger charge is 2.16. The van der Waals surface area contributed by atoms with Crippen molar-refractivity contribution < 1.29 is 8.42 Å². The van der Waals surface area contributed by atoms with Crippen LogP contribution in [0.25, 0.3) is 0 Å². The highest BCUT2D eigenvalue weighted by atomic mass is 32.2. The lowest BCUT2D eigenvalue weighted by molar-refractivity contribution is 0.601. The number of anilines is 2. The molecule has 2 rings (SSSR count). The Hall–Kier alpha value is -2.01. The molecule has 0 saturated heterocycles. The van der Waals surface area contributed by atoms with E-state index in [4.69, 9.17) is 5.73 Å². The van der Waals surface area contributed by atoms with Crippen LogP contribution in [0.2, 0.25) is 0 Å². The molecule has 0 amide bonds. The maximum Gasteiger partial charge on any atom is 0.177 e. The summed E-state index contributed by atoms with van der Waals surface area (Å²) >= 11 is 0. The van der Waals surface area contributed by atoms with Crippen LogP contribution in [0.15, 0.2) is 53.4 Å². The van der Waals surface area contributed by atoms with E-state index in [0.717, 1.165) is 23.5 Å². The van der Waals surface area contributed by atoms with Crippen LogP contribution >= 0.6 is 0 Å². The molecule has 21 heavy (non-hydrogen) atoms. The second-order valence-corrected chi connectivity index (χ2v) is 6.98. The van der Waals surface area contributed by atoms with Crippen LogP contribution in [-0.4, -0.2) is 21.2 Å². The lowest BCUT2D eigenvalue weighted by atomic mass is 10.2. The van der Waals surface area contributed by atoms with Gasteiger partial charge >= 0.3 is 0 Å². The highest BCUT2D eigenvalue weighted by Crippen LogP contribution is 2.26. The third-order valence-corrected chi connectivity index (χ3v) is 4.48. The molecule has 0 radical (unpaired) electrons. The zero-order chi connectivity index (χ0) is 15.5. The van der Waals surface area contributed by atoms with Gasteiger partial charge in [0.05, 0.1) is 10.6 Å². The second-order valence-electron chi connectivity index (χ2n) is 5.00. The number of nitrogens with zero attached hydrogens (tertiary/aromatic N) is 1. The Morgan fingerprint density at radius 2 is 1.67 bits per heavy atom. The van der Waals surface area contributed by atoms with Crippen LogP contribution in [0.4, 0.5) is 11.4 Å². The summed E-state index contributed by atoms with van der Waals surface area (Å²) in [5.74, 6) is 0. The topological polar surface area (TPSA) is 63.4 Å². The van der Waals surface area contributed by atoms with Crippen LogP contribution in [0, 0.1) is 0 Å². The minimum absolute atomic E-state index is 0.363. The Morgan fingerprint density at radius 3 is 2.24 bits per heavy atom. The molecule has 0 heterocycles. The molecule has 0 aliphatic heterocycles. The molecule has 0 fully saturated rings. The monoisotopic (exact) mass is 304 g/mol. The molecule has 5 heteroatoms. The van der Waals surface area contributed by atoms with Gasteiger partial charge in [-0.2, -0.15) is 0 Å². The van der Waals surface area contributed by atoms with Gasteiger partial charge in [-0.25, -0.2) is 8.42 Å². The van der Waals surface area contributed by atoms with E-state index in [1.807, 2.05) is 48.2 Å².